The number of Topliss-reactive ketones (excluding diaryl/α,β-unsaturated/α-hetero) is 1. The summed E-state index contributed by atoms with van der Waals surface area (Å²) in [5.74, 6) is -4.47. The number of ether oxygens (including phenoxy) is 7. The lowest BCUT2D eigenvalue weighted by atomic mass is 9.74. The number of carbonyl (C=O) groups is 2. The van der Waals surface area contributed by atoms with E-state index in [2.05, 4.69) is 0 Å². The van der Waals surface area contributed by atoms with Gasteiger partial charge in [-0.1, -0.05) is 27.7 Å². The molecule has 0 aromatic rings. The van der Waals surface area contributed by atoms with Crippen molar-refractivity contribution >= 4 is 11.8 Å². The Hall–Kier alpha value is -1.34. The summed E-state index contributed by atoms with van der Waals surface area (Å²) < 4.78 is 43.9. The minimum absolute atomic E-state index is 0. The summed E-state index contributed by atoms with van der Waals surface area (Å²) in [7, 11) is 6.77. The Bertz CT molecular complexity index is 1190. The molecule has 18 atom stereocenters. The van der Waals surface area contributed by atoms with Crippen molar-refractivity contribution in [3.63, 3.8) is 0 Å². The van der Waals surface area contributed by atoms with Gasteiger partial charge in [0.1, 0.15) is 29.7 Å². The highest BCUT2D eigenvalue weighted by Gasteiger charge is 2.54. The topological polar surface area (TPSA) is 214 Å². The number of aliphatic hydroxyl groups excluding tert-OH is 3. The number of methoxy groups -OCH3 is 2. The third-order valence-corrected chi connectivity index (χ3v) is 12.3. The zero-order valence-electron chi connectivity index (χ0n) is 34.4. The highest BCUT2D eigenvalue weighted by atomic mass is 16.7. The number of rotatable bonds is 8. The third-order valence-electron chi connectivity index (χ3n) is 12.3. The maximum Gasteiger partial charge on any atom is 0.311 e. The highest BCUT2D eigenvalue weighted by Crippen LogP contribution is 2.41. The molecule has 312 valence electrons. The molecule has 0 saturated carbocycles. The van der Waals surface area contributed by atoms with Gasteiger partial charge < -0.3 is 64.0 Å². The van der Waals surface area contributed by atoms with Crippen LogP contribution in [0.15, 0.2) is 0 Å². The second-order valence-corrected chi connectivity index (χ2v) is 16.6. The second-order valence-electron chi connectivity index (χ2n) is 16.6. The number of ketones is 1. The monoisotopic (exact) mass is 765 g/mol. The van der Waals surface area contributed by atoms with Crippen molar-refractivity contribution < 1.29 is 68.6 Å². The van der Waals surface area contributed by atoms with E-state index in [0.717, 1.165) is 0 Å². The van der Waals surface area contributed by atoms with E-state index in [1.165, 1.54) is 21.1 Å². The van der Waals surface area contributed by atoms with Crippen LogP contribution in [-0.2, 0) is 42.7 Å². The van der Waals surface area contributed by atoms with Crippen LogP contribution in [0.2, 0.25) is 0 Å². The molecule has 6 N–H and O–H groups in total. The Balaban J connectivity index is 0.00000972. The van der Waals surface area contributed by atoms with Crippen LogP contribution < -0.4 is 0 Å². The molecule has 15 nitrogen and oxygen atoms in total. The van der Waals surface area contributed by atoms with Gasteiger partial charge in [-0.3, -0.25) is 9.59 Å². The summed E-state index contributed by atoms with van der Waals surface area (Å²) >= 11 is 0. The van der Waals surface area contributed by atoms with Crippen LogP contribution in [0.3, 0.4) is 0 Å². The van der Waals surface area contributed by atoms with Gasteiger partial charge in [0.2, 0.25) is 0 Å². The van der Waals surface area contributed by atoms with Crippen molar-refractivity contribution in [1.29, 1.82) is 0 Å². The summed E-state index contributed by atoms with van der Waals surface area (Å²) in [5.41, 5.74) is -4.24. The summed E-state index contributed by atoms with van der Waals surface area (Å²) in [6, 6.07) is -0.283. The van der Waals surface area contributed by atoms with Crippen molar-refractivity contribution in [3.8, 4) is 0 Å². The third kappa shape index (κ3) is 10.2. The molecule has 0 aromatic heterocycles. The average molecular weight is 766 g/mol. The van der Waals surface area contributed by atoms with Crippen LogP contribution in [0.5, 0.6) is 0 Å². The van der Waals surface area contributed by atoms with Gasteiger partial charge >= 0.3 is 5.97 Å². The zero-order valence-corrected chi connectivity index (χ0v) is 34.4. The molecule has 3 heterocycles. The molecule has 3 saturated heterocycles. The van der Waals surface area contributed by atoms with Crippen molar-refractivity contribution in [2.24, 2.45) is 23.7 Å². The molecule has 15 heteroatoms. The Morgan fingerprint density at radius 3 is 1.96 bits per heavy atom. The van der Waals surface area contributed by atoms with Crippen molar-refractivity contribution in [3.05, 3.63) is 0 Å². The maximum absolute atomic E-state index is 14.2. The van der Waals surface area contributed by atoms with E-state index < -0.39 is 102 Å². The van der Waals surface area contributed by atoms with Crippen LogP contribution in [0.4, 0.5) is 0 Å². The molecule has 53 heavy (non-hydrogen) atoms. The SMILES string of the molecule is CC[C@H]1OC(=O)[C@H](C)[C@@H](OC2CC(C)(OC)C(O)C(C)O2)[C@H](C)[C@@H](OC2OC(C)CC(N(C)C)C2O)[C@](C)(OC)C[C@@H](C)C(=O)[C@H](C)[C@@H](O)[C@]1(C)O.O. The number of cyclic esters (lactones) is 1. The van der Waals surface area contributed by atoms with Gasteiger partial charge in [-0.25, -0.2) is 0 Å². The Morgan fingerprint density at radius 1 is 0.849 bits per heavy atom. The van der Waals surface area contributed by atoms with Crippen molar-refractivity contribution in [2.45, 2.75) is 179 Å². The van der Waals surface area contributed by atoms with E-state index in [1.807, 2.05) is 32.8 Å². The van der Waals surface area contributed by atoms with E-state index in [-0.39, 0.29) is 42.7 Å². The number of hydrogen-bond donors (Lipinski definition) is 4. The van der Waals surface area contributed by atoms with Crippen LogP contribution in [0.1, 0.15) is 94.9 Å². The first-order chi connectivity index (χ1) is 24.0. The Labute approximate surface area is 316 Å². The van der Waals surface area contributed by atoms with Crippen LogP contribution in [0.25, 0.3) is 0 Å². The van der Waals surface area contributed by atoms with E-state index >= 15 is 0 Å². The smallest absolute Gasteiger partial charge is 0.311 e. The molecular weight excluding hydrogens is 694 g/mol. The van der Waals surface area contributed by atoms with E-state index in [9.17, 15) is 30.0 Å². The van der Waals surface area contributed by atoms with Crippen LogP contribution >= 0.6 is 0 Å². The molecule has 3 fully saturated rings. The predicted octanol–water partition coefficient (Wildman–Crippen LogP) is 1.62. The number of nitrogens with zero attached hydrogens (tertiary/aromatic N) is 1. The fourth-order valence-electron chi connectivity index (χ4n) is 8.58. The predicted molar refractivity (Wildman–Crippen MR) is 195 cm³/mol. The minimum atomic E-state index is -1.96. The highest BCUT2D eigenvalue weighted by molar-refractivity contribution is 5.83. The van der Waals surface area contributed by atoms with Gasteiger partial charge in [-0.15, -0.1) is 0 Å². The lowest BCUT2D eigenvalue weighted by Crippen LogP contribution is -2.61. The molecule has 3 aliphatic heterocycles. The molecule has 3 aliphatic rings. The van der Waals surface area contributed by atoms with Gasteiger partial charge in [0.25, 0.3) is 0 Å². The average Bonchev–Trinajstić information content (AvgIpc) is 3.09. The first-order valence-corrected chi connectivity index (χ1v) is 18.9. The van der Waals surface area contributed by atoms with Crippen LogP contribution in [0, 0.1) is 23.7 Å². The minimum Gasteiger partial charge on any atom is -0.459 e. The lowest BCUT2D eigenvalue weighted by Gasteiger charge is -2.50. The fourth-order valence-corrected chi connectivity index (χ4v) is 8.58. The molecule has 8 unspecified atom stereocenters. The van der Waals surface area contributed by atoms with E-state index in [1.54, 1.807) is 48.5 Å². The number of aliphatic hydroxyl groups is 4. The summed E-state index contributed by atoms with van der Waals surface area (Å²) in [6.07, 6.45) is -8.73. The normalized spacial score (nSPS) is 48.1. The molecule has 0 aromatic carbocycles. The van der Waals surface area contributed by atoms with Crippen molar-refractivity contribution in [1.82, 2.24) is 4.90 Å². The zero-order chi connectivity index (χ0) is 39.7. The quantitative estimate of drug-likeness (QED) is 0.259. The van der Waals surface area contributed by atoms with E-state index in [0.29, 0.717) is 6.42 Å². The number of carbonyl (C=O) groups excluding carboxylic acids is 2. The number of esters is 1. The Morgan fingerprint density at radius 2 is 1.43 bits per heavy atom. The lowest BCUT2D eigenvalue weighted by molar-refractivity contribution is -0.319. The standard InChI is InChI=1S/C38H69NO13.H2O/c1-15-26-38(10,45)31(42)21(4)28(40)19(2)17-37(9,47-14)33(52-35-29(41)25(39(11)12)16-20(3)48-35)22(5)30(23(6)34(44)50-26)51-27-18-36(8,46-13)32(43)24(7)49-27;/h19-27,29-33,35,41-43,45H,15-18H2,1-14H3;1H2/t19-,20?,21+,22+,23-,24?,25?,26-,27?,29?,30+,31-,32?,33-,35?,36?,37-,38-;/m1./s1. The first kappa shape index (κ1) is 47.8. The van der Waals surface area contributed by atoms with Crippen molar-refractivity contribution in [2.75, 3.05) is 28.3 Å². The molecule has 0 amide bonds. The second kappa shape index (κ2) is 18.7. The molecule has 0 bridgehead atoms. The van der Waals surface area contributed by atoms with Gasteiger partial charge in [-0.05, 0) is 74.9 Å². The summed E-state index contributed by atoms with van der Waals surface area (Å²) in [4.78, 5) is 30.1. The van der Waals surface area contributed by atoms with Gasteiger partial charge in [0.05, 0.1) is 47.6 Å². The number of likely N-dealkylation sites (N-methyl/N-ethyl adjacent to an activating group) is 1. The molecule has 0 aliphatic carbocycles. The fraction of sp³-hybridized carbons (Fsp3) is 0.947. The van der Waals surface area contributed by atoms with E-state index in [4.69, 9.17) is 33.2 Å². The van der Waals surface area contributed by atoms with Gasteiger partial charge in [0.15, 0.2) is 12.6 Å². The molecule has 0 radical (unpaired) electrons. The van der Waals surface area contributed by atoms with Gasteiger partial charge in [-0.2, -0.15) is 0 Å². The summed E-state index contributed by atoms with van der Waals surface area (Å²) in [6.45, 7) is 17.1. The van der Waals surface area contributed by atoms with Gasteiger partial charge in [0, 0.05) is 44.4 Å². The Kier molecular flexibility index (Phi) is 16.9. The summed E-state index contributed by atoms with van der Waals surface area (Å²) in [5, 5.41) is 45.6. The maximum atomic E-state index is 14.2. The number of hydrogen-bond acceptors (Lipinski definition) is 14. The largest absolute Gasteiger partial charge is 0.459 e. The van der Waals surface area contributed by atoms with Crippen LogP contribution in [-0.4, -0.2) is 155 Å². The first-order valence-electron chi connectivity index (χ1n) is 18.9. The molecular formula is C38H71NO14. The molecule has 0 spiro atoms. The molecule has 3 rings (SSSR count).